The van der Waals surface area contributed by atoms with Crippen LogP contribution in [0, 0.1) is 0 Å². The average molecular weight is 234 g/mol. The summed E-state index contributed by atoms with van der Waals surface area (Å²) in [6.45, 7) is 2.90. The summed E-state index contributed by atoms with van der Waals surface area (Å²) in [5, 5.41) is 3.00. The third kappa shape index (κ3) is 3.92. The number of nitrogen functional groups attached to an aromatic ring is 1. The molecule has 0 aliphatic heterocycles. The van der Waals surface area contributed by atoms with Gasteiger partial charge in [-0.05, 0) is 37.7 Å². The Hall–Kier alpha value is -1.81. The normalized spacial score (nSPS) is 10.7. The molecule has 1 rings (SSSR count). The fourth-order valence-electron chi connectivity index (χ4n) is 1.36. The second-order valence-corrected chi connectivity index (χ2v) is 3.52. The van der Waals surface area contributed by atoms with Gasteiger partial charge in [-0.25, -0.2) is 4.79 Å². The van der Waals surface area contributed by atoms with E-state index >= 15 is 0 Å². The summed E-state index contributed by atoms with van der Waals surface area (Å²) in [6, 6.07) is 5.12. The van der Waals surface area contributed by atoms with E-state index in [1.165, 1.54) is 0 Å². The van der Waals surface area contributed by atoms with E-state index < -0.39 is 0 Å². The minimum absolute atomic E-state index is 0.323. The molecule has 0 radical (unpaired) electrons. The molecule has 92 valence electrons. The number of carbonyl (C=O) groups is 1. The van der Waals surface area contributed by atoms with E-state index in [1.807, 2.05) is 19.2 Å². The van der Waals surface area contributed by atoms with Gasteiger partial charge in [0.05, 0.1) is 12.2 Å². The van der Waals surface area contributed by atoms with Crippen LogP contribution in [0.4, 0.5) is 5.69 Å². The first-order valence-corrected chi connectivity index (χ1v) is 5.56. The van der Waals surface area contributed by atoms with Crippen LogP contribution in [0.2, 0.25) is 0 Å². The molecule has 3 N–H and O–H groups in total. The van der Waals surface area contributed by atoms with Crippen molar-refractivity contribution in [3.05, 3.63) is 35.4 Å². The second-order valence-electron chi connectivity index (χ2n) is 3.52. The number of carbonyl (C=O) groups excluding carboxylic acids is 1. The van der Waals surface area contributed by atoms with Crippen molar-refractivity contribution in [2.24, 2.45) is 0 Å². The number of ether oxygens (including phenoxy) is 1. The Morgan fingerprint density at radius 2 is 2.29 bits per heavy atom. The molecule has 0 spiro atoms. The monoisotopic (exact) mass is 234 g/mol. The summed E-state index contributed by atoms with van der Waals surface area (Å²) >= 11 is 0. The lowest BCUT2D eigenvalue weighted by atomic mass is 10.1. The van der Waals surface area contributed by atoms with Gasteiger partial charge in [0.1, 0.15) is 0 Å². The Kier molecular flexibility index (Phi) is 5.23. The largest absolute Gasteiger partial charge is 0.462 e. The Bertz CT molecular complexity index is 414. The van der Waals surface area contributed by atoms with Crippen LogP contribution in [0.1, 0.15) is 22.8 Å². The standard InChI is InChI=1S/C13H18N2O2/c1-3-17-13(16)11-6-7-12(14)10(9-11)5-4-8-15-2/h4-7,9,15H,3,8,14H2,1-2H3. The van der Waals surface area contributed by atoms with Crippen molar-refractivity contribution in [2.75, 3.05) is 25.9 Å². The smallest absolute Gasteiger partial charge is 0.338 e. The summed E-state index contributed by atoms with van der Waals surface area (Å²) in [4.78, 5) is 11.5. The lowest BCUT2D eigenvalue weighted by Gasteiger charge is -2.05. The van der Waals surface area contributed by atoms with E-state index in [9.17, 15) is 4.79 Å². The van der Waals surface area contributed by atoms with E-state index in [4.69, 9.17) is 10.5 Å². The molecule has 0 aliphatic carbocycles. The molecule has 0 saturated heterocycles. The third-order valence-electron chi connectivity index (χ3n) is 2.22. The van der Waals surface area contributed by atoms with Crippen molar-refractivity contribution in [3.8, 4) is 0 Å². The molecule has 0 heterocycles. The first kappa shape index (κ1) is 13.3. The SMILES string of the molecule is CCOC(=O)c1ccc(N)c(C=CCNC)c1. The maximum atomic E-state index is 11.5. The minimum Gasteiger partial charge on any atom is -0.462 e. The molecule has 17 heavy (non-hydrogen) atoms. The summed E-state index contributed by atoms with van der Waals surface area (Å²) in [7, 11) is 1.86. The quantitative estimate of drug-likeness (QED) is 0.601. The average Bonchev–Trinajstić information content (AvgIpc) is 2.32. The number of hydrogen-bond acceptors (Lipinski definition) is 4. The van der Waals surface area contributed by atoms with Crippen LogP contribution >= 0.6 is 0 Å². The Labute approximate surface area is 101 Å². The van der Waals surface area contributed by atoms with E-state index in [0.29, 0.717) is 17.9 Å². The van der Waals surface area contributed by atoms with E-state index in [-0.39, 0.29) is 5.97 Å². The highest BCUT2D eigenvalue weighted by Gasteiger charge is 2.07. The van der Waals surface area contributed by atoms with Gasteiger partial charge in [0.25, 0.3) is 0 Å². The molecule has 0 atom stereocenters. The van der Waals surface area contributed by atoms with Gasteiger partial charge in [-0.15, -0.1) is 0 Å². The van der Waals surface area contributed by atoms with Gasteiger partial charge < -0.3 is 15.8 Å². The zero-order chi connectivity index (χ0) is 12.7. The maximum Gasteiger partial charge on any atom is 0.338 e. The van der Waals surface area contributed by atoms with Gasteiger partial charge in [-0.3, -0.25) is 0 Å². The van der Waals surface area contributed by atoms with Gasteiger partial charge in [0.15, 0.2) is 0 Å². The molecule has 4 nitrogen and oxygen atoms in total. The Morgan fingerprint density at radius 3 is 2.94 bits per heavy atom. The molecule has 1 aromatic carbocycles. The van der Waals surface area contributed by atoms with E-state index in [2.05, 4.69) is 5.32 Å². The zero-order valence-corrected chi connectivity index (χ0v) is 10.2. The summed E-state index contributed by atoms with van der Waals surface area (Å²) in [5.74, 6) is -0.323. The fraction of sp³-hybridized carbons (Fsp3) is 0.308. The molecule has 0 bridgehead atoms. The molecule has 0 saturated carbocycles. The lowest BCUT2D eigenvalue weighted by Crippen LogP contribution is -2.06. The highest BCUT2D eigenvalue weighted by molar-refractivity contribution is 5.91. The van der Waals surface area contributed by atoms with Crippen LogP contribution in [-0.4, -0.2) is 26.2 Å². The van der Waals surface area contributed by atoms with Crippen LogP contribution in [0.25, 0.3) is 6.08 Å². The summed E-state index contributed by atoms with van der Waals surface area (Å²) < 4.78 is 4.93. The van der Waals surface area contributed by atoms with Crippen molar-refractivity contribution in [3.63, 3.8) is 0 Å². The number of nitrogens with one attached hydrogen (secondary N) is 1. The van der Waals surface area contributed by atoms with E-state index in [0.717, 1.165) is 12.1 Å². The predicted octanol–water partition coefficient (Wildman–Crippen LogP) is 1.68. The molecule has 0 fully saturated rings. The topological polar surface area (TPSA) is 64.3 Å². The summed E-state index contributed by atoms with van der Waals surface area (Å²) in [5.41, 5.74) is 7.81. The number of likely N-dealkylation sites (N-methyl/N-ethyl adjacent to an activating group) is 1. The van der Waals surface area contributed by atoms with Crippen LogP contribution < -0.4 is 11.1 Å². The van der Waals surface area contributed by atoms with Gasteiger partial charge in [-0.2, -0.15) is 0 Å². The number of nitrogens with two attached hydrogens (primary N) is 1. The number of esters is 1. The van der Waals surface area contributed by atoms with Crippen molar-refractivity contribution < 1.29 is 9.53 Å². The fourth-order valence-corrected chi connectivity index (χ4v) is 1.36. The molecule has 0 aliphatic rings. The Balaban J connectivity index is 2.90. The van der Waals surface area contributed by atoms with E-state index in [1.54, 1.807) is 25.1 Å². The highest BCUT2D eigenvalue weighted by Crippen LogP contribution is 2.16. The third-order valence-corrected chi connectivity index (χ3v) is 2.22. The van der Waals surface area contributed by atoms with Crippen molar-refractivity contribution in [1.29, 1.82) is 0 Å². The van der Waals surface area contributed by atoms with Gasteiger partial charge >= 0.3 is 5.97 Å². The molecular formula is C13H18N2O2. The van der Waals surface area contributed by atoms with Crippen LogP contribution in [0.3, 0.4) is 0 Å². The number of rotatable bonds is 5. The number of benzene rings is 1. The zero-order valence-electron chi connectivity index (χ0n) is 10.2. The molecule has 0 aromatic heterocycles. The minimum atomic E-state index is -0.323. The van der Waals surface area contributed by atoms with Gasteiger partial charge in [0, 0.05) is 12.2 Å². The predicted molar refractivity (Wildman–Crippen MR) is 69.8 cm³/mol. The Morgan fingerprint density at radius 1 is 1.53 bits per heavy atom. The van der Waals surface area contributed by atoms with Crippen molar-refractivity contribution in [2.45, 2.75) is 6.92 Å². The highest BCUT2D eigenvalue weighted by atomic mass is 16.5. The van der Waals surface area contributed by atoms with Crippen LogP contribution in [0.15, 0.2) is 24.3 Å². The van der Waals surface area contributed by atoms with Crippen molar-refractivity contribution >= 4 is 17.7 Å². The molecule has 0 amide bonds. The molecule has 0 unspecified atom stereocenters. The second kappa shape index (κ2) is 6.70. The lowest BCUT2D eigenvalue weighted by molar-refractivity contribution is 0.0526. The summed E-state index contributed by atoms with van der Waals surface area (Å²) in [6.07, 6.45) is 3.83. The van der Waals surface area contributed by atoms with Gasteiger partial charge in [-0.1, -0.05) is 12.2 Å². The van der Waals surface area contributed by atoms with Crippen LogP contribution in [-0.2, 0) is 4.74 Å². The molecule has 4 heteroatoms. The first-order valence-electron chi connectivity index (χ1n) is 5.56. The maximum absolute atomic E-state index is 11.5. The van der Waals surface area contributed by atoms with Crippen LogP contribution in [0.5, 0.6) is 0 Å². The molecular weight excluding hydrogens is 216 g/mol. The first-order chi connectivity index (χ1) is 8.19. The molecule has 1 aromatic rings. The number of hydrogen-bond donors (Lipinski definition) is 2. The van der Waals surface area contributed by atoms with Gasteiger partial charge in [0.2, 0.25) is 0 Å². The number of anilines is 1. The van der Waals surface area contributed by atoms with Crippen molar-refractivity contribution in [1.82, 2.24) is 5.32 Å².